The van der Waals surface area contributed by atoms with E-state index in [1.807, 2.05) is 19.1 Å². The Bertz CT molecular complexity index is 978. The number of aromatic nitrogens is 2. The van der Waals surface area contributed by atoms with Gasteiger partial charge in [-0.2, -0.15) is 0 Å². The Labute approximate surface area is 153 Å². The van der Waals surface area contributed by atoms with Gasteiger partial charge in [-0.05, 0) is 31.2 Å². The molecule has 3 rings (SSSR count). The van der Waals surface area contributed by atoms with E-state index < -0.39 is 11.6 Å². The molecule has 5 N–H and O–H groups in total. The molecule has 0 spiro atoms. The fourth-order valence-electron chi connectivity index (χ4n) is 2.20. The molecular formula is C18H16F2N6O. The van der Waals surface area contributed by atoms with Crippen molar-refractivity contribution in [1.82, 2.24) is 15.4 Å². The number of carbonyl (C=O) groups is 1. The second-order valence-electron chi connectivity index (χ2n) is 5.68. The summed E-state index contributed by atoms with van der Waals surface area (Å²) < 4.78 is 26.3. The van der Waals surface area contributed by atoms with Crippen molar-refractivity contribution < 1.29 is 13.6 Å². The van der Waals surface area contributed by atoms with Crippen molar-refractivity contribution in [3.05, 3.63) is 71.6 Å². The van der Waals surface area contributed by atoms with Crippen molar-refractivity contribution in [2.45, 2.75) is 6.92 Å². The normalized spacial score (nSPS) is 10.3. The number of rotatable bonds is 5. The van der Waals surface area contributed by atoms with E-state index in [2.05, 4.69) is 26.1 Å². The maximum atomic E-state index is 13.3. The van der Waals surface area contributed by atoms with Crippen LogP contribution in [0, 0.1) is 18.6 Å². The minimum atomic E-state index is -1.00. The Balaban J connectivity index is 1.71. The summed E-state index contributed by atoms with van der Waals surface area (Å²) in [5.41, 5.74) is 12.9. The van der Waals surface area contributed by atoms with Crippen LogP contribution in [-0.4, -0.2) is 15.9 Å². The van der Waals surface area contributed by atoms with E-state index >= 15 is 0 Å². The van der Waals surface area contributed by atoms with Crippen molar-refractivity contribution >= 4 is 28.9 Å². The van der Waals surface area contributed by atoms with Crippen LogP contribution in [0.15, 0.2) is 48.8 Å². The van der Waals surface area contributed by atoms with Gasteiger partial charge in [0.1, 0.15) is 12.0 Å². The van der Waals surface area contributed by atoms with E-state index in [1.165, 1.54) is 12.4 Å². The van der Waals surface area contributed by atoms with Gasteiger partial charge in [0.05, 0.1) is 0 Å². The monoisotopic (exact) mass is 370 g/mol. The average molecular weight is 370 g/mol. The largest absolute Gasteiger partial charge is 0.393 e. The molecule has 1 aromatic heterocycles. The van der Waals surface area contributed by atoms with Gasteiger partial charge in [-0.3, -0.25) is 15.6 Å². The molecule has 0 saturated carbocycles. The summed E-state index contributed by atoms with van der Waals surface area (Å²) in [5.74, 6) is -2.02. The molecule has 0 bridgehead atoms. The van der Waals surface area contributed by atoms with Gasteiger partial charge in [-0.1, -0.05) is 17.7 Å². The lowest BCUT2D eigenvalue weighted by Crippen LogP contribution is -2.30. The highest BCUT2D eigenvalue weighted by Gasteiger charge is 2.11. The predicted octanol–water partition coefficient (Wildman–Crippen LogP) is 3.15. The van der Waals surface area contributed by atoms with Crippen LogP contribution in [0.4, 0.5) is 31.8 Å². The molecule has 2 aromatic carbocycles. The number of benzene rings is 2. The van der Waals surface area contributed by atoms with Crippen molar-refractivity contribution in [2.24, 2.45) is 0 Å². The lowest BCUT2D eigenvalue weighted by Gasteiger charge is -2.13. The zero-order chi connectivity index (χ0) is 19.4. The summed E-state index contributed by atoms with van der Waals surface area (Å²) in [5, 5.41) is 2.77. The van der Waals surface area contributed by atoms with Gasteiger partial charge >= 0.3 is 0 Å². The fourth-order valence-corrected chi connectivity index (χ4v) is 2.20. The van der Waals surface area contributed by atoms with E-state index in [1.54, 1.807) is 12.1 Å². The summed E-state index contributed by atoms with van der Waals surface area (Å²) in [6.07, 6.45) is 1.21. The standard InChI is InChI=1S/C18H16F2N6O/c1-10-2-4-11(5-3-10)18(27)26-25-17-15(21)16(22-9-23-17)24-12-6-7-13(19)14(20)8-12/h2-9H,21H2,1H3,(H,26,27)(H2,22,23,24,25). The summed E-state index contributed by atoms with van der Waals surface area (Å²) >= 11 is 0. The van der Waals surface area contributed by atoms with Crippen molar-refractivity contribution in [3.8, 4) is 0 Å². The highest BCUT2D eigenvalue weighted by atomic mass is 19.2. The van der Waals surface area contributed by atoms with Crippen LogP contribution in [0.3, 0.4) is 0 Å². The van der Waals surface area contributed by atoms with E-state index in [9.17, 15) is 13.6 Å². The number of carbonyl (C=O) groups excluding carboxylic acids is 1. The highest BCUT2D eigenvalue weighted by Crippen LogP contribution is 2.26. The number of nitrogen functional groups attached to an aromatic ring is 1. The quantitative estimate of drug-likeness (QED) is 0.514. The number of nitrogens with one attached hydrogen (secondary N) is 3. The van der Waals surface area contributed by atoms with E-state index in [-0.39, 0.29) is 28.9 Å². The molecule has 0 radical (unpaired) electrons. The third-order valence-corrected chi connectivity index (χ3v) is 3.67. The maximum absolute atomic E-state index is 13.3. The number of anilines is 4. The van der Waals surface area contributed by atoms with Crippen LogP contribution in [0.5, 0.6) is 0 Å². The molecule has 9 heteroatoms. The molecule has 0 aliphatic heterocycles. The topological polar surface area (TPSA) is 105 Å². The van der Waals surface area contributed by atoms with Crippen LogP contribution in [-0.2, 0) is 0 Å². The average Bonchev–Trinajstić information content (AvgIpc) is 2.66. The molecule has 0 aliphatic carbocycles. The molecule has 3 aromatic rings. The number of nitrogens with zero attached hydrogens (tertiary/aromatic N) is 2. The second kappa shape index (κ2) is 7.65. The highest BCUT2D eigenvalue weighted by molar-refractivity contribution is 5.95. The number of hydrazine groups is 1. The Morgan fingerprint density at radius 2 is 1.70 bits per heavy atom. The Morgan fingerprint density at radius 3 is 2.41 bits per heavy atom. The van der Waals surface area contributed by atoms with Crippen molar-refractivity contribution in [2.75, 3.05) is 16.5 Å². The molecule has 27 heavy (non-hydrogen) atoms. The molecule has 0 unspecified atom stereocenters. The Kier molecular flexibility index (Phi) is 5.11. The zero-order valence-electron chi connectivity index (χ0n) is 14.3. The minimum absolute atomic E-state index is 0.0893. The number of halogens is 2. The summed E-state index contributed by atoms with van der Waals surface area (Å²) in [6.45, 7) is 1.92. The lowest BCUT2D eigenvalue weighted by molar-refractivity contribution is 0.0962. The van der Waals surface area contributed by atoms with Gasteiger partial charge in [0.2, 0.25) is 0 Å². The van der Waals surface area contributed by atoms with Crippen LogP contribution < -0.4 is 21.9 Å². The number of nitrogens with two attached hydrogens (primary N) is 1. The van der Waals surface area contributed by atoms with Crippen LogP contribution in [0.1, 0.15) is 15.9 Å². The molecule has 0 fully saturated rings. The van der Waals surface area contributed by atoms with Gasteiger partial charge in [0.25, 0.3) is 5.91 Å². The number of aryl methyl sites for hydroxylation is 1. The van der Waals surface area contributed by atoms with Crippen molar-refractivity contribution in [3.63, 3.8) is 0 Å². The molecule has 1 heterocycles. The second-order valence-corrected chi connectivity index (χ2v) is 5.68. The number of hydrogen-bond acceptors (Lipinski definition) is 6. The van der Waals surface area contributed by atoms with E-state index in [0.717, 1.165) is 17.7 Å². The number of hydrogen-bond donors (Lipinski definition) is 4. The third-order valence-electron chi connectivity index (χ3n) is 3.67. The van der Waals surface area contributed by atoms with Gasteiger partial charge in [-0.15, -0.1) is 0 Å². The zero-order valence-corrected chi connectivity index (χ0v) is 14.3. The number of amides is 1. The summed E-state index contributed by atoms with van der Waals surface area (Å²) in [6, 6.07) is 10.3. The van der Waals surface area contributed by atoms with Crippen LogP contribution in [0.25, 0.3) is 0 Å². The van der Waals surface area contributed by atoms with Crippen LogP contribution in [0.2, 0.25) is 0 Å². The van der Waals surface area contributed by atoms with Gasteiger partial charge in [0.15, 0.2) is 23.3 Å². The summed E-state index contributed by atoms with van der Waals surface area (Å²) in [4.78, 5) is 20.1. The molecule has 0 aliphatic rings. The van der Waals surface area contributed by atoms with E-state index in [4.69, 9.17) is 5.73 Å². The Hall–Kier alpha value is -3.75. The third kappa shape index (κ3) is 4.27. The van der Waals surface area contributed by atoms with Gasteiger partial charge < -0.3 is 11.1 Å². The van der Waals surface area contributed by atoms with Crippen LogP contribution >= 0.6 is 0 Å². The molecular weight excluding hydrogens is 354 g/mol. The first-order valence-electron chi connectivity index (χ1n) is 7.89. The SMILES string of the molecule is Cc1ccc(C(=O)NNc2ncnc(Nc3ccc(F)c(F)c3)c2N)cc1. The Morgan fingerprint density at radius 1 is 1.00 bits per heavy atom. The van der Waals surface area contributed by atoms with Crippen molar-refractivity contribution in [1.29, 1.82) is 0 Å². The first-order chi connectivity index (χ1) is 12.9. The molecule has 138 valence electrons. The van der Waals surface area contributed by atoms with Gasteiger partial charge in [0, 0.05) is 17.3 Å². The summed E-state index contributed by atoms with van der Waals surface area (Å²) in [7, 11) is 0. The first-order valence-corrected chi connectivity index (χ1v) is 7.89. The molecule has 0 saturated heterocycles. The lowest BCUT2D eigenvalue weighted by atomic mass is 10.1. The molecule has 0 atom stereocenters. The predicted molar refractivity (Wildman–Crippen MR) is 98.4 cm³/mol. The maximum Gasteiger partial charge on any atom is 0.269 e. The van der Waals surface area contributed by atoms with E-state index in [0.29, 0.717) is 5.56 Å². The molecule has 1 amide bonds. The molecule has 7 nitrogen and oxygen atoms in total. The minimum Gasteiger partial charge on any atom is -0.393 e. The van der Waals surface area contributed by atoms with Gasteiger partial charge in [-0.25, -0.2) is 18.7 Å². The smallest absolute Gasteiger partial charge is 0.269 e. The first kappa shape index (κ1) is 18.1. The fraction of sp³-hybridized carbons (Fsp3) is 0.0556.